The van der Waals surface area contributed by atoms with E-state index < -0.39 is 23.3 Å². The quantitative estimate of drug-likeness (QED) is 0.907. The number of carbonyl (C=O) groups is 2. The molecule has 2 N–H and O–H groups in total. The van der Waals surface area contributed by atoms with Crippen molar-refractivity contribution >= 4 is 29.2 Å². The minimum atomic E-state index is -1.38. The molecule has 0 atom stereocenters. The SMILES string of the molecule is O=C(O)c1ccc(NC(=O)c2ccoc2Cl)cc1F. The summed E-state index contributed by atoms with van der Waals surface area (Å²) in [6.07, 6.45) is 1.24. The monoisotopic (exact) mass is 283 g/mol. The van der Waals surface area contributed by atoms with Gasteiger partial charge in [-0.15, -0.1) is 0 Å². The summed E-state index contributed by atoms with van der Waals surface area (Å²) in [6.45, 7) is 0. The molecule has 5 nitrogen and oxygen atoms in total. The van der Waals surface area contributed by atoms with Gasteiger partial charge in [0.25, 0.3) is 5.91 Å². The molecule has 0 radical (unpaired) electrons. The van der Waals surface area contributed by atoms with Crippen molar-refractivity contribution in [2.75, 3.05) is 5.32 Å². The van der Waals surface area contributed by atoms with Crippen LogP contribution in [0.4, 0.5) is 10.1 Å². The van der Waals surface area contributed by atoms with E-state index in [2.05, 4.69) is 5.32 Å². The van der Waals surface area contributed by atoms with Crippen LogP contribution in [0.5, 0.6) is 0 Å². The number of rotatable bonds is 3. The van der Waals surface area contributed by atoms with Crippen molar-refractivity contribution < 1.29 is 23.5 Å². The second-order valence-electron chi connectivity index (χ2n) is 3.56. The maximum atomic E-state index is 13.4. The molecule has 98 valence electrons. The fraction of sp³-hybridized carbons (Fsp3) is 0. The molecule has 1 heterocycles. The van der Waals surface area contributed by atoms with Gasteiger partial charge in [-0.2, -0.15) is 0 Å². The fourth-order valence-corrected chi connectivity index (χ4v) is 1.62. The van der Waals surface area contributed by atoms with Crippen molar-refractivity contribution in [1.29, 1.82) is 0 Å². The molecule has 0 unspecified atom stereocenters. The van der Waals surface area contributed by atoms with Crippen molar-refractivity contribution in [2.45, 2.75) is 0 Å². The van der Waals surface area contributed by atoms with Gasteiger partial charge in [0.05, 0.1) is 17.4 Å². The number of hydrogen-bond donors (Lipinski definition) is 2. The number of carbonyl (C=O) groups excluding carboxylic acids is 1. The third kappa shape index (κ3) is 2.74. The minimum Gasteiger partial charge on any atom is -0.478 e. The van der Waals surface area contributed by atoms with Crippen molar-refractivity contribution in [1.82, 2.24) is 0 Å². The van der Waals surface area contributed by atoms with Crippen LogP contribution >= 0.6 is 11.6 Å². The Labute approximate surface area is 111 Å². The van der Waals surface area contributed by atoms with Gasteiger partial charge in [0, 0.05) is 5.69 Å². The molecule has 0 aliphatic heterocycles. The maximum Gasteiger partial charge on any atom is 0.338 e. The average molecular weight is 284 g/mol. The van der Waals surface area contributed by atoms with Gasteiger partial charge in [-0.25, -0.2) is 9.18 Å². The molecule has 0 aliphatic carbocycles. The fourth-order valence-electron chi connectivity index (χ4n) is 1.42. The highest BCUT2D eigenvalue weighted by atomic mass is 35.5. The largest absolute Gasteiger partial charge is 0.478 e. The minimum absolute atomic E-state index is 0.0832. The molecule has 0 spiro atoms. The predicted octanol–water partition coefficient (Wildman–Crippen LogP) is 3.02. The number of benzene rings is 1. The van der Waals surface area contributed by atoms with Crippen LogP contribution in [0.1, 0.15) is 20.7 Å². The van der Waals surface area contributed by atoms with Gasteiger partial charge in [0.15, 0.2) is 0 Å². The Kier molecular flexibility index (Phi) is 3.52. The number of amides is 1. The van der Waals surface area contributed by atoms with Crippen molar-refractivity contribution in [3.8, 4) is 0 Å². The number of carboxylic acid groups (broad SMARTS) is 1. The van der Waals surface area contributed by atoms with Crippen molar-refractivity contribution in [3.63, 3.8) is 0 Å². The van der Waals surface area contributed by atoms with Gasteiger partial charge in [-0.3, -0.25) is 4.79 Å². The van der Waals surface area contributed by atoms with E-state index in [0.717, 1.165) is 12.1 Å². The van der Waals surface area contributed by atoms with E-state index in [4.69, 9.17) is 21.1 Å². The van der Waals surface area contributed by atoms with E-state index in [1.165, 1.54) is 18.4 Å². The average Bonchev–Trinajstić information content (AvgIpc) is 2.75. The summed E-state index contributed by atoms with van der Waals surface area (Å²) in [5, 5.41) is 11.0. The van der Waals surface area contributed by atoms with Crippen LogP contribution in [0, 0.1) is 5.82 Å². The predicted molar refractivity (Wildman–Crippen MR) is 65.0 cm³/mol. The van der Waals surface area contributed by atoms with E-state index in [9.17, 15) is 14.0 Å². The summed E-state index contributed by atoms with van der Waals surface area (Å²) in [7, 11) is 0. The molecule has 0 saturated heterocycles. The van der Waals surface area contributed by atoms with Gasteiger partial charge >= 0.3 is 5.97 Å². The lowest BCUT2D eigenvalue weighted by atomic mass is 10.2. The summed E-state index contributed by atoms with van der Waals surface area (Å²) in [5.41, 5.74) is -0.256. The van der Waals surface area contributed by atoms with Crippen LogP contribution in [-0.2, 0) is 0 Å². The van der Waals surface area contributed by atoms with Gasteiger partial charge in [0.2, 0.25) is 5.22 Å². The molecule has 0 aliphatic rings. The first-order valence-corrected chi connectivity index (χ1v) is 5.44. The number of furan rings is 1. The zero-order valence-electron chi connectivity index (χ0n) is 9.31. The number of anilines is 1. The topological polar surface area (TPSA) is 79.5 Å². The van der Waals surface area contributed by atoms with Crippen molar-refractivity contribution in [3.05, 3.63) is 52.7 Å². The van der Waals surface area contributed by atoms with Gasteiger partial charge in [0.1, 0.15) is 5.82 Å². The maximum absolute atomic E-state index is 13.4. The lowest BCUT2D eigenvalue weighted by Gasteiger charge is -2.05. The number of hydrogen-bond acceptors (Lipinski definition) is 3. The zero-order chi connectivity index (χ0) is 14.0. The molecule has 19 heavy (non-hydrogen) atoms. The standard InChI is InChI=1S/C12H7ClFNO4/c13-10-8(3-4-19-10)11(16)15-6-1-2-7(12(17)18)9(14)5-6/h1-5H,(H,15,16)(H,17,18). The highest BCUT2D eigenvalue weighted by molar-refractivity contribution is 6.32. The van der Waals surface area contributed by atoms with Gasteiger partial charge in [-0.05, 0) is 35.9 Å². The molecule has 0 saturated carbocycles. The van der Waals surface area contributed by atoms with E-state index in [1.54, 1.807) is 0 Å². The molecule has 2 rings (SSSR count). The molecular weight excluding hydrogens is 277 g/mol. The first kappa shape index (κ1) is 13.1. The number of halogens is 2. The molecule has 7 heteroatoms. The Morgan fingerprint density at radius 3 is 2.53 bits per heavy atom. The highest BCUT2D eigenvalue weighted by Gasteiger charge is 2.15. The highest BCUT2D eigenvalue weighted by Crippen LogP contribution is 2.20. The second-order valence-corrected chi connectivity index (χ2v) is 3.91. The van der Waals surface area contributed by atoms with E-state index in [1.807, 2.05) is 0 Å². The first-order chi connectivity index (χ1) is 8.99. The molecule has 1 amide bonds. The molecular formula is C12H7ClFNO4. The smallest absolute Gasteiger partial charge is 0.338 e. The van der Waals surface area contributed by atoms with Gasteiger partial charge in [-0.1, -0.05) is 0 Å². The molecule has 1 aromatic heterocycles. The summed E-state index contributed by atoms with van der Waals surface area (Å²) in [4.78, 5) is 22.4. The number of aromatic carboxylic acids is 1. The van der Waals surface area contributed by atoms with Crippen LogP contribution in [0.2, 0.25) is 5.22 Å². The lowest BCUT2D eigenvalue weighted by Crippen LogP contribution is -2.12. The van der Waals surface area contributed by atoms with Crippen molar-refractivity contribution in [2.24, 2.45) is 0 Å². The first-order valence-electron chi connectivity index (χ1n) is 5.06. The Hall–Kier alpha value is -2.34. The van der Waals surface area contributed by atoms with E-state index >= 15 is 0 Å². The Bertz CT molecular complexity index is 653. The van der Waals surface area contributed by atoms with Crippen LogP contribution in [0.3, 0.4) is 0 Å². The van der Waals surface area contributed by atoms with Gasteiger partial charge < -0.3 is 14.8 Å². The summed E-state index contributed by atoms with van der Waals surface area (Å²) < 4.78 is 18.1. The summed E-state index contributed by atoms with van der Waals surface area (Å²) in [6, 6.07) is 4.61. The lowest BCUT2D eigenvalue weighted by molar-refractivity contribution is 0.0692. The normalized spacial score (nSPS) is 10.2. The van der Waals surface area contributed by atoms with Crippen LogP contribution < -0.4 is 5.32 Å². The molecule has 1 aromatic carbocycles. The Morgan fingerprint density at radius 2 is 2.00 bits per heavy atom. The van der Waals surface area contributed by atoms with Crippen LogP contribution in [0.15, 0.2) is 34.9 Å². The molecule has 0 bridgehead atoms. The second kappa shape index (κ2) is 5.11. The summed E-state index contributed by atoms with van der Waals surface area (Å²) >= 11 is 5.62. The third-order valence-electron chi connectivity index (χ3n) is 2.32. The number of carboxylic acids is 1. The van der Waals surface area contributed by atoms with E-state index in [0.29, 0.717) is 0 Å². The zero-order valence-corrected chi connectivity index (χ0v) is 10.1. The third-order valence-corrected chi connectivity index (χ3v) is 2.61. The van der Waals surface area contributed by atoms with E-state index in [-0.39, 0.29) is 16.5 Å². The number of nitrogens with one attached hydrogen (secondary N) is 1. The molecule has 0 fully saturated rings. The Morgan fingerprint density at radius 1 is 1.26 bits per heavy atom. The van der Waals surface area contributed by atoms with Crippen LogP contribution in [-0.4, -0.2) is 17.0 Å². The molecule has 2 aromatic rings. The Balaban J connectivity index is 2.21. The van der Waals surface area contributed by atoms with Crippen LogP contribution in [0.25, 0.3) is 0 Å². The summed E-state index contributed by atoms with van der Waals surface area (Å²) in [5.74, 6) is -2.90.